The van der Waals surface area contributed by atoms with Crippen molar-refractivity contribution in [3.05, 3.63) is 62.9 Å². The van der Waals surface area contributed by atoms with Crippen molar-refractivity contribution in [2.24, 2.45) is 0 Å². The minimum absolute atomic E-state index is 0.297. The molecule has 0 bridgehead atoms. The lowest BCUT2D eigenvalue weighted by molar-refractivity contribution is 0.122. The van der Waals surface area contributed by atoms with E-state index >= 15 is 0 Å². The van der Waals surface area contributed by atoms with Gasteiger partial charge in [-0.3, -0.25) is 4.79 Å². The van der Waals surface area contributed by atoms with Crippen molar-refractivity contribution >= 4 is 34.6 Å². The first-order chi connectivity index (χ1) is 15.9. The third-order valence-corrected chi connectivity index (χ3v) is 6.43. The molecule has 33 heavy (non-hydrogen) atoms. The van der Waals surface area contributed by atoms with Crippen LogP contribution < -0.4 is 20.1 Å². The Balaban J connectivity index is 1.94. The van der Waals surface area contributed by atoms with E-state index in [0.717, 1.165) is 11.3 Å². The zero-order valence-electron chi connectivity index (χ0n) is 18.8. The molecule has 174 valence electrons. The van der Waals surface area contributed by atoms with Crippen molar-refractivity contribution in [2.75, 3.05) is 56.8 Å². The van der Waals surface area contributed by atoms with E-state index in [0.29, 0.717) is 65.7 Å². The third-order valence-electron chi connectivity index (χ3n) is 5.75. The minimum Gasteiger partial charge on any atom is -0.497 e. The van der Waals surface area contributed by atoms with E-state index in [1.54, 1.807) is 19.2 Å². The van der Waals surface area contributed by atoms with Crippen molar-refractivity contribution in [1.82, 2.24) is 9.78 Å². The maximum Gasteiger partial charge on any atom is 0.295 e. The van der Waals surface area contributed by atoms with Crippen molar-refractivity contribution in [1.29, 1.82) is 0 Å². The summed E-state index contributed by atoms with van der Waals surface area (Å²) >= 11 is 13.5. The van der Waals surface area contributed by atoms with Crippen molar-refractivity contribution < 1.29 is 9.47 Å². The first-order valence-electron chi connectivity index (χ1n) is 10.8. The Morgan fingerprint density at radius 2 is 1.91 bits per heavy atom. The van der Waals surface area contributed by atoms with Crippen LogP contribution in [0.2, 0.25) is 10.0 Å². The summed E-state index contributed by atoms with van der Waals surface area (Å²) in [6, 6.07) is 12.9. The van der Waals surface area contributed by atoms with Crippen molar-refractivity contribution in [3.8, 4) is 22.7 Å². The van der Waals surface area contributed by atoms with Crippen LogP contribution in [-0.4, -0.2) is 56.8 Å². The summed E-state index contributed by atoms with van der Waals surface area (Å²) < 4.78 is 12.1. The van der Waals surface area contributed by atoms with Crippen LogP contribution in [0.15, 0.2) is 47.3 Å². The largest absolute Gasteiger partial charge is 0.497 e. The quantitative estimate of drug-likeness (QED) is 0.508. The number of anilines is 2. The number of morpholine rings is 1. The van der Waals surface area contributed by atoms with Gasteiger partial charge in [0.15, 0.2) is 0 Å². The molecule has 1 aromatic heterocycles. The normalized spacial score (nSPS) is 13.8. The second-order valence-electron chi connectivity index (χ2n) is 7.71. The van der Waals surface area contributed by atoms with Gasteiger partial charge in [-0.15, -0.1) is 0 Å². The van der Waals surface area contributed by atoms with Crippen LogP contribution in [0.3, 0.4) is 0 Å². The summed E-state index contributed by atoms with van der Waals surface area (Å²) in [7, 11) is 3.48. The number of benzene rings is 2. The summed E-state index contributed by atoms with van der Waals surface area (Å²) in [6.07, 6.45) is 0. The second kappa shape index (κ2) is 10.0. The number of nitrogens with zero attached hydrogens (tertiary/aromatic N) is 4. The molecule has 0 aliphatic carbocycles. The lowest BCUT2D eigenvalue weighted by Gasteiger charge is -2.30. The van der Waals surface area contributed by atoms with E-state index in [1.807, 2.05) is 49.2 Å². The highest BCUT2D eigenvalue weighted by atomic mass is 35.5. The fourth-order valence-electron chi connectivity index (χ4n) is 3.77. The molecule has 9 heteroatoms. The Bertz CT molecular complexity index is 1210. The van der Waals surface area contributed by atoms with Gasteiger partial charge in [0.25, 0.3) is 5.56 Å². The molecule has 1 fully saturated rings. The Labute approximate surface area is 203 Å². The lowest BCUT2D eigenvalue weighted by atomic mass is 10.1. The first-order valence-corrected chi connectivity index (χ1v) is 11.5. The summed E-state index contributed by atoms with van der Waals surface area (Å²) in [5.74, 6) is 0.697. The zero-order valence-corrected chi connectivity index (χ0v) is 20.4. The molecular formula is C24H26Cl2N4O3. The molecule has 0 N–H and O–H groups in total. The summed E-state index contributed by atoms with van der Waals surface area (Å²) in [4.78, 5) is 17.6. The topological polar surface area (TPSA) is 59.8 Å². The number of halogens is 2. The van der Waals surface area contributed by atoms with E-state index in [4.69, 9.17) is 32.7 Å². The second-order valence-corrected chi connectivity index (χ2v) is 8.49. The van der Waals surface area contributed by atoms with Crippen LogP contribution in [0.4, 0.5) is 11.4 Å². The van der Waals surface area contributed by atoms with Gasteiger partial charge in [-0.2, -0.15) is 9.78 Å². The molecule has 0 spiro atoms. The highest BCUT2D eigenvalue weighted by Gasteiger charge is 2.23. The van der Waals surface area contributed by atoms with E-state index in [9.17, 15) is 4.79 Å². The highest BCUT2D eigenvalue weighted by Crippen LogP contribution is 2.37. The maximum absolute atomic E-state index is 13.6. The Morgan fingerprint density at radius 3 is 2.61 bits per heavy atom. The van der Waals surface area contributed by atoms with Gasteiger partial charge in [0, 0.05) is 32.2 Å². The van der Waals surface area contributed by atoms with Crippen LogP contribution in [0, 0.1) is 0 Å². The van der Waals surface area contributed by atoms with Gasteiger partial charge in [-0.1, -0.05) is 35.3 Å². The number of methoxy groups -OCH3 is 1. The van der Waals surface area contributed by atoms with E-state index < -0.39 is 0 Å². The Kier molecular flexibility index (Phi) is 7.12. The molecule has 3 aromatic rings. The molecule has 2 aromatic carbocycles. The highest BCUT2D eigenvalue weighted by molar-refractivity contribution is 6.39. The van der Waals surface area contributed by atoms with E-state index in [-0.39, 0.29) is 5.56 Å². The van der Waals surface area contributed by atoms with Gasteiger partial charge in [0.05, 0.1) is 41.8 Å². The molecule has 1 aliphatic rings. The zero-order chi connectivity index (χ0) is 23.5. The van der Waals surface area contributed by atoms with Crippen molar-refractivity contribution in [2.45, 2.75) is 6.92 Å². The molecule has 1 saturated heterocycles. The van der Waals surface area contributed by atoms with E-state index in [2.05, 4.69) is 10.00 Å². The van der Waals surface area contributed by atoms with Gasteiger partial charge in [-0.25, -0.2) is 0 Å². The number of hydrogen-bond acceptors (Lipinski definition) is 6. The van der Waals surface area contributed by atoms with Crippen LogP contribution in [0.1, 0.15) is 6.92 Å². The van der Waals surface area contributed by atoms with Gasteiger partial charge < -0.3 is 19.3 Å². The molecule has 4 rings (SSSR count). The van der Waals surface area contributed by atoms with Crippen LogP contribution in [0.25, 0.3) is 16.9 Å². The monoisotopic (exact) mass is 488 g/mol. The van der Waals surface area contributed by atoms with Gasteiger partial charge in [0.1, 0.15) is 17.1 Å². The molecule has 7 nitrogen and oxygen atoms in total. The van der Waals surface area contributed by atoms with E-state index in [1.165, 1.54) is 4.68 Å². The SMILES string of the molecule is CCN(C)c1cc(-c2cccc(OC)c2)nn(-c2c(Cl)ccc(N3CCOCC3)c2Cl)c1=O. The Hall–Kier alpha value is -2.74. The fourth-order valence-corrected chi connectivity index (χ4v) is 4.42. The van der Waals surface area contributed by atoms with Crippen LogP contribution >= 0.6 is 23.2 Å². The standard InChI is InChI=1S/C24H26Cl2N4O3/c1-4-28(2)21-15-19(16-6-5-7-17(14-16)32-3)27-30(24(21)31)23-18(25)8-9-20(22(23)26)29-10-12-33-13-11-29/h5-9,14-15H,4,10-13H2,1-3H3. The van der Waals surface area contributed by atoms with Crippen molar-refractivity contribution in [3.63, 3.8) is 0 Å². The molecule has 0 unspecified atom stereocenters. The number of rotatable bonds is 6. The molecule has 1 aliphatic heterocycles. The molecular weight excluding hydrogens is 463 g/mol. The maximum atomic E-state index is 13.6. The summed E-state index contributed by atoms with van der Waals surface area (Å²) in [6.45, 7) is 5.26. The summed E-state index contributed by atoms with van der Waals surface area (Å²) in [5, 5.41) is 5.41. The minimum atomic E-state index is -0.297. The van der Waals surface area contributed by atoms with Crippen LogP contribution in [0.5, 0.6) is 5.75 Å². The van der Waals surface area contributed by atoms with Gasteiger partial charge in [-0.05, 0) is 37.3 Å². The molecule has 0 saturated carbocycles. The average molecular weight is 489 g/mol. The molecule has 0 amide bonds. The third kappa shape index (κ3) is 4.67. The molecule has 0 atom stereocenters. The number of hydrogen-bond donors (Lipinski definition) is 0. The lowest BCUT2D eigenvalue weighted by Crippen LogP contribution is -2.36. The average Bonchev–Trinajstić information content (AvgIpc) is 2.85. The smallest absolute Gasteiger partial charge is 0.295 e. The fraction of sp³-hybridized carbons (Fsp3) is 0.333. The predicted molar refractivity (Wildman–Crippen MR) is 134 cm³/mol. The summed E-state index contributed by atoms with van der Waals surface area (Å²) in [5.41, 5.74) is 2.77. The molecule has 0 radical (unpaired) electrons. The Morgan fingerprint density at radius 1 is 1.15 bits per heavy atom. The van der Waals surface area contributed by atoms with Gasteiger partial charge in [0.2, 0.25) is 0 Å². The van der Waals surface area contributed by atoms with Gasteiger partial charge >= 0.3 is 0 Å². The first kappa shape index (κ1) is 23.4. The van der Waals surface area contributed by atoms with Crippen LogP contribution in [-0.2, 0) is 4.74 Å². The number of aromatic nitrogens is 2. The number of ether oxygens (including phenoxy) is 2. The predicted octanol–water partition coefficient (Wildman–Crippen LogP) is 4.51. The molecule has 2 heterocycles.